The van der Waals surface area contributed by atoms with E-state index in [1.165, 1.54) is 33.7 Å². The van der Waals surface area contributed by atoms with Crippen molar-refractivity contribution in [2.45, 2.75) is 31.7 Å². The number of nitrogens with zero attached hydrogens (tertiary/aromatic N) is 7. The number of alkyl halides is 4. The first-order valence-electron chi connectivity index (χ1n) is 10.4. The summed E-state index contributed by atoms with van der Waals surface area (Å²) >= 11 is 0. The Hall–Kier alpha value is -3.44. The van der Waals surface area contributed by atoms with E-state index >= 15 is 0 Å². The van der Waals surface area contributed by atoms with Gasteiger partial charge in [-0.15, -0.1) is 0 Å². The van der Waals surface area contributed by atoms with E-state index in [1.807, 2.05) is 6.07 Å². The Morgan fingerprint density at radius 3 is 2.66 bits per heavy atom. The van der Waals surface area contributed by atoms with Gasteiger partial charge in [-0.05, 0) is 25.5 Å². The molecule has 0 aromatic carbocycles. The Bertz CT molecular complexity index is 1310. The monoisotopic (exact) mass is 508 g/mol. The van der Waals surface area contributed by atoms with E-state index in [0.29, 0.717) is 24.1 Å². The van der Waals surface area contributed by atoms with Crippen molar-refractivity contribution in [3.63, 3.8) is 0 Å². The Morgan fingerprint density at radius 2 is 2.03 bits per heavy atom. The molecule has 0 bridgehead atoms. The van der Waals surface area contributed by atoms with Crippen LogP contribution in [0.5, 0.6) is 0 Å². The molecule has 9 nitrogen and oxygen atoms in total. The van der Waals surface area contributed by atoms with Gasteiger partial charge in [0.05, 0.1) is 28.4 Å². The van der Waals surface area contributed by atoms with Crippen molar-refractivity contribution >= 4 is 16.9 Å². The molecule has 14 heteroatoms. The molecule has 0 amide bonds. The SMILES string of the molecule is Cc1nc(C#N)ccc1-n1cnc(-c2nc(NC3CCN(S(C)=O)CC3F)ncc2C(F)(F)F)c1. The standard InChI is InChI=1S/C21H20F4N8OS/c1-12-18(4-3-13(7-26)29-12)32-10-17(28-11-32)19-14(21(23,24)25)8-27-20(31-19)30-16-5-6-33(35(2)34)9-15(16)22/h3-4,8,10-11,15-16H,5-6,9H2,1-2H3,(H,27,30,31). The lowest BCUT2D eigenvalue weighted by molar-refractivity contribution is -0.137. The van der Waals surface area contributed by atoms with Crippen LogP contribution in [0.3, 0.4) is 0 Å². The number of imidazole rings is 1. The number of hydrogen-bond donors (Lipinski definition) is 1. The second kappa shape index (κ2) is 9.67. The second-order valence-corrected chi connectivity index (χ2v) is 9.26. The number of anilines is 1. The molecule has 4 heterocycles. The van der Waals surface area contributed by atoms with E-state index < -0.39 is 40.6 Å². The molecule has 4 rings (SSSR count). The summed E-state index contributed by atoms with van der Waals surface area (Å²) in [6, 6.07) is 4.28. The quantitative estimate of drug-likeness (QED) is 0.527. The van der Waals surface area contributed by atoms with Gasteiger partial charge in [0.2, 0.25) is 5.95 Å². The van der Waals surface area contributed by atoms with Gasteiger partial charge in [0.15, 0.2) is 0 Å². The highest BCUT2D eigenvalue weighted by Gasteiger charge is 2.37. The summed E-state index contributed by atoms with van der Waals surface area (Å²) in [6.07, 6.45) is -1.10. The number of aryl methyl sites for hydroxylation is 1. The third kappa shape index (κ3) is 5.30. The third-order valence-electron chi connectivity index (χ3n) is 5.55. The molecule has 1 saturated heterocycles. The summed E-state index contributed by atoms with van der Waals surface area (Å²) in [4.78, 5) is 16.0. The molecule has 1 fully saturated rings. The Kier molecular flexibility index (Phi) is 6.82. The molecular formula is C21H20F4N8OS. The van der Waals surface area contributed by atoms with Crippen LogP contribution in [0, 0.1) is 18.3 Å². The lowest BCUT2D eigenvalue weighted by Gasteiger charge is -2.33. The zero-order valence-electron chi connectivity index (χ0n) is 18.6. The highest BCUT2D eigenvalue weighted by atomic mass is 32.2. The molecular weight excluding hydrogens is 488 g/mol. The van der Waals surface area contributed by atoms with E-state index in [1.54, 1.807) is 13.0 Å². The average molecular weight is 509 g/mol. The van der Waals surface area contributed by atoms with Crippen LogP contribution < -0.4 is 5.32 Å². The molecule has 1 aliphatic rings. The fraction of sp³-hybridized carbons (Fsp3) is 0.381. The summed E-state index contributed by atoms with van der Waals surface area (Å²) in [5.74, 6) is -0.169. The maximum Gasteiger partial charge on any atom is 0.420 e. The van der Waals surface area contributed by atoms with E-state index in [9.17, 15) is 21.8 Å². The third-order valence-corrected chi connectivity index (χ3v) is 6.61. The molecule has 3 unspecified atom stereocenters. The molecule has 3 aromatic heterocycles. The van der Waals surface area contributed by atoms with Crippen molar-refractivity contribution in [3.05, 3.63) is 47.8 Å². The van der Waals surface area contributed by atoms with E-state index in [0.717, 1.165) is 0 Å². The number of halogens is 4. The predicted octanol–water partition coefficient (Wildman–Crippen LogP) is 3.04. The largest absolute Gasteiger partial charge is 0.420 e. The van der Waals surface area contributed by atoms with Crippen LogP contribution in [-0.4, -0.2) is 64.6 Å². The van der Waals surface area contributed by atoms with Crippen molar-refractivity contribution in [1.29, 1.82) is 5.26 Å². The first kappa shape index (κ1) is 24.7. The van der Waals surface area contributed by atoms with Crippen molar-refractivity contribution in [3.8, 4) is 23.1 Å². The fourth-order valence-electron chi connectivity index (χ4n) is 3.76. The zero-order valence-corrected chi connectivity index (χ0v) is 19.4. The number of piperidine rings is 1. The number of nitrogens with one attached hydrogen (secondary N) is 1. The van der Waals surface area contributed by atoms with E-state index in [2.05, 4.69) is 25.3 Å². The molecule has 1 N–H and O–H groups in total. The minimum absolute atomic E-state index is 0.0699. The lowest BCUT2D eigenvalue weighted by atomic mass is 10.1. The zero-order chi connectivity index (χ0) is 25.3. The molecule has 1 aliphatic heterocycles. The van der Waals surface area contributed by atoms with Gasteiger partial charge < -0.3 is 9.88 Å². The van der Waals surface area contributed by atoms with Gasteiger partial charge in [0.25, 0.3) is 0 Å². The minimum Gasteiger partial charge on any atom is -0.348 e. The smallest absolute Gasteiger partial charge is 0.348 e. The summed E-state index contributed by atoms with van der Waals surface area (Å²) in [7, 11) is -1.31. The van der Waals surface area contributed by atoms with Gasteiger partial charge in [-0.1, -0.05) is 0 Å². The lowest BCUT2D eigenvalue weighted by Crippen LogP contribution is -2.48. The topological polar surface area (TPSA) is 113 Å². The van der Waals surface area contributed by atoms with Gasteiger partial charge in [0, 0.05) is 31.7 Å². The number of rotatable bonds is 5. The van der Waals surface area contributed by atoms with Gasteiger partial charge in [-0.3, -0.25) is 0 Å². The van der Waals surface area contributed by atoms with Crippen LogP contribution in [-0.2, 0) is 17.2 Å². The molecule has 3 atom stereocenters. The Balaban J connectivity index is 1.65. The maximum absolute atomic E-state index is 14.6. The summed E-state index contributed by atoms with van der Waals surface area (Å²) in [6.45, 7) is 1.95. The fourth-order valence-corrected chi connectivity index (χ4v) is 4.47. The highest BCUT2D eigenvalue weighted by Crippen LogP contribution is 2.36. The molecule has 35 heavy (non-hydrogen) atoms. The van der Waals surface area contributed by atoms with E-state index in [-0.39, 0.29) is 30.3 Å². The van der Waals surface area contributed by atoms with E-state index in [4.69, 9.17) is 5.26 Å². The van der Waals surface area contributed by atoms with Crippen molar-refractivity contribution in [1.82, 2.24) is 28.8 Å². The molecule has 0 radical (unpaired) electrons. The van der Waals surface area contributed by atoms with Crippen molar-refractivity contribution < 1.29 is 21.8 Å². The van der Waals surface area contributed by atoms with Crippen molar-refractivity contribution in [2.75, 3.05) is 24.7 Å². The van der Waals surface area contributed by atoms with Crippen LogP contribution in [0.2, 0.25) is 0 Å². The number of nitriles is 1. The average Bonchev–Trinajstić information content (AvgIpc) is 3.29. The normalized spacial score (nSPS) is 19.8. The Labute approximate surface area is 200 Å². The van der Waals surface area contributed by atoms with Gasteiger partial charge in [-0.2, -0.15) is 18.4 Å². The first-order chi connectivity index (χ1) is 16.6. The predicted molar refractivity (Wildman–Crippen MR) is 119 cm³/mol. The first-order valence-corrected chi connectivity index (χ1v) is 11.9. The van der Waals surface area contributed by atoms with Crippen molar-refractivity contribution in [2.24, 2.45) is 0 Å². The molecule has 0 saturated carbocycles. The molecule has 0 aliphatic carbocycles. The van der Waals surface area contributed by atoms with Crippen LogP contribution in [0.25, 0.3) is 17.1 Å². The molecule has 184 valence electrons. The van der Waals surface area contributed by atoms with Gasteiger partial charge in [0.1, 0.15) is 41.2 Å². The highest BCUT2D eigenvalue weighted by molar-refractivity contribution is 7.81. The maximum atomic E-state index is 14.6. The Morgan fingerprint density at radius 1 is 1.26 bits per heavy atom. The van der Waals surface area contributed by atoms with Crippen LogP contribution in [0.4, 0.5) is 23.5 Å². The second-order valence-electron chi connectivity index (χ2n) is 7.90. The summed E-state index contributed by atoms with van der Waals surface area (Å²) in [5.41, 5.74) is -0.392. The number of aromatic nitrogens is 5. The number of hydrogen-bond acceptors (Lipinski definition) is 7. The van der Waals surface area contributed by atoms with Crippen LogP contribution in [0.1, 0.15) is 23.4 Å². The summed E-state index contributed by atoms with van der Waals surface area (Å²) in [5, 5.41) is 11.8. The summed E-state index contributed by atoms with van der Waals surface area (Å²) < 4.78 is 70.3. The van der Waals surface area contributed by atoms with Gasteiger partial charge >= 0.3 is 6.18 Å². The molecule has 3 aromatic rings. The van der Waals surface area contributed by atoms with Crippen LogP contribution >= 0.6 is 0 Å². The van der Waals surface area contributed by atoms with Gasteiger partial charge in [-0.25, -0.2) is 32.8 Å². The molecule has 0 spiro atoms. The van der Waals surface area contributed by atoms with Crippen LogP contribution in [0.15, 0.2) is 30.9 Å². The minimum atomic E-state index is -4.75. The number of pyridine rings is 1.